The van der Waals surface area contributed by atoms with Gasteiger partial charge in [0.1, 0.15) is 0 Å². The zero-order valence-electron chi connectivity index (χ0n) is 12.8. The van der Waals surface area contributed by atoms with E-state index in [1.165, 1.54) is 64.2 Å². The van der Waals surface area contributed by atoms with Crippen LogP contribution in [0.2, 0.25) is 0 Å². The number of rotatable bonds is 2. The summed E-state index contributed by atoms with van der Waals surface area (Å²) in [6.45, 7) is 0. The Balaban J connectivity index is 1.50. The van der Waals surface area contributed by atoms with E-state index in [0.29, 0.717) is 23.7 Å². The Hall–Kier alpha value is -0.900. The predicted octanol–water partition coefficient (Wildman–Crippen LogP) is 3.74. The largest absolute Gasteiger partial charge is 0.339 e. The van der Waals surface area contributed by atoms with E-state index < -0.39 is 0 Å². The summed E-state index contributed by atoms with van der Waals surface area (Å²) in [5.41, 5.74) is 6.40. The van der Waals surface area contributed by atoms with Crippen molar-refractivity contribution >= 4 is 0 Å². The molecule has 21 heavy (non-hydrogen) atoms. The zero-order valence-corrected chi connectivity index (χ0v) is 12.8. The molecule has 0 aromatic carbocycles. The van der Waals surface area contributed by atoms with Crippen molar-refractivity contribution in [2.24, 2.45) is 17.6 Å². The summed E-state index contributed by atoms with van der Waals surface area (Å²) >= 11 is 0. The monoisotopic (exact) mass is 289 g/mol. The number of nitrogens with zero attached hydrogens (tertiary/aromatic N) is 2. The fourth-order valence-electron chi connectivity index (χ4n) is 4.97. The lowest BCUT2D eigenvalue weighted by Crippen LogP contribution is -2.34. The Labute approximate surface area is 126 Å². The van der Waals surface area contributed by atoms with Crippen molar-refractivity contribution in [2.75, 3.05) is 0 Å². The first-order chi connectivity index (χ1) is 10.3. The molecule has 0 amide bonds. The van der Waals surface area contributed by atoms with Crippen molar-refractivity contribution in [3.63, 3.8) is 0 Å². The van der Waals surface area contributed by atoms with Crippen LogP contribution in [0.3, 0.4) is 0 Å². The predicted molar refractivity (Wildman–Crippen MR) is 80.9 cm³/mol. The summed E-state index contributed by atoms with van der Waals surface area (Å²) in [6, 6.07) is 0.245. The minimum atomic E-state index is 0.245. The van der Waals surface area contributed by atoms with Crippen molar-refractivity contribution in [3.05, 3.63) is 11.7 Å². The lowest BCUT2D eigenvalue weighted by molar-refractivity contribution is 0.277. The maximum Gasteiger partial charge on any atom is 0.231 e. The summed E-state index contributed by atoms with van der Waals surface area (Å²) in [7, 11) is 0. The Morgan fingerprint density at radius 1 is 0.905 bits per heavy atom. The van der Waals surface area contributed by atoms with Crippen LogP contribution in [0.25, 0.3) is 0 Å². The summed E-state index contributed by atoms with van der Waals surface area (Å²) in [5.74, 6) is 4.03. The van der Waals surface area contributed by atoms with Crippen molar-refractivity contribution in [1.29, 1.82) is 0 Å². The van der Waals surface area contributed by atoms with Gasteiger partial charge in [-0.1, -0.05) is 37.3 Å². The molecule has 0 aliphatic heterocycles. The summed E-state index contributed by atoms with van der Waals surface area (Å²) in [6.07, 6.45) is 13.0. The topological polar surface area (TPSA) is 64.9 Å². The maximum absolute atomic E-state index is 6.40. The van der Waals surface area contributed by atoms with Crippen molar-refractivity contribution in [3.8, 4) is 0 Å². The molecular weight excluding hydrogens is 262 g/mol. The van der Waals surface area contributed by atoms with Gasteiger partial charge in [0.25, 0.3) is 0 Å². The minimum absolute atomic E-state index is 0.245. The molecule has 0 radical (unpaired) electrons. The molecule has 3 aliphatic rings. The van der Waals surface area contributed by atoms with Crippen molar-refractivity contribution < 1.29 is 4.52 Å². The van der Waals surface area contributed by atoms with Crippen LogP contribution in [0.5, 0.6) is 0 Å². The first-order valence-electron chi connectivity index (χ1n) is 8.92. The highest BCUT2D eigenvalue weighted by Gasteiger charge is 2.49. The molecule has 4 nitrogen and oxygen atoms in total. The van der Waals surface area contributed by atoms with Gasteiger partial charge in [-0.25, -0.2) is 0 Å². The van der Waals surface area contributed by atoms with Crippen LogP contribution in [-0.4, -0.2) is 16.2 Å². The van der Waals surface area contributed by atoms with E-state index in [9.17, 15) is 0 Å². The Morgan fingerprint density at radius 3 is 2.33 bits per heavy atom. The van der Waals surface area contributed by atoms with Crippen LogP contribution in [0, 0.1) is 11.8 Å². The highest BCUT2D eigenvalue weighted by Crippen LogP contribution is 2.51. The minimum Gasteiger partial charge on any atom is -0.339 e. The van der Waals surface area contributed by atoms with Gasteiger partial charge in [-0.15, -0.1) is 0 Å². The van der Waals surface area contributed by atoms with Crippen LogP contribution in [0.4, 0.5) is 0 Å². The van der Waals surface area contributed by atoms with Gasteiger partial charge < -0.3 is 10.3 Å². The van der Waals surface area contributed by atoms with Gasteiger partial charge in [0.2, 0.25) is 5.89 Å². The van der Waals surface area contributed by atoms with Crippen LogP contribution >= 0.6 is 0 Å². The Bertz CT molecular complexity index is 476. The third-order valence-corrected chi connectivity index (χ3v) is 6.19. The number of aromatic nitrogens is 2. The Morgan fingerprint density at radius 2 is 1.62 bits per heavy atom. The van der Waals surface area contributed by atoms with Crippen LogP contribution in [-0.2, 0) is 0 Å². The first kappa shape index (κ1) is 13.7. The summed E-state index contributed by atoms with van der Waals surface area (Å²) in [4.78, 5) is 4.80. The third-order valence-electron chi connectivity index (χ3n) is 6.19. The Kier molecular flexibility index (Phi) is 3.74. The van der Waals surface area contributed by atoms with Gasteiger partial charge in [-0.3, -0.25) is 0 Å². The van der Waals surface area contributed by atoms with Crippen LogP contribution in [0.15, 0.2) is 4.52 Å². The molecule has 116 valence electrons. The molecule has 1 heterocycles. The molecule has 4 heteroatoms. The highest BCUT2D eigenvalue weighted by atomic mass is 16.5. The van der Waals surface area contributed by atoms with Gasteiger partial charge >= 0.3 is 0 Å². The van der Waals surface area contributed by atoms with E-state index in [-0.39, 0.29) is 6.04 Å². The first-order valence-corrected chi connectivity index (χ1v) is 8.92. The van der Waals surface area contributed by atoms with E-state index >= 15 is 0 Å². The average molecular weight is 289 g/mol. The van der Waals surface area contributed by atoms with Crippen LogP contribution < -0.4 is 5.73 Å². The quantitative estimate of drug-likeness (QED) is 0.900. The van der Waals surface area contributed by atoms with E-state index in [2.05, 4.69) is 5.16 Å². The van der Waals surface area contributed by atoms with Gasteiger partial charge in [0.15, 0.2) is 5.82 Å². The molecule has 0 saturated heterocycles. The van der Waals surface area contributed by atoms with Gasteiger partial charge in [0.05, 0.1) is 5.92 Å². The average Bonchev–Trinajstić information content (AvgIpc) is 3.13. The fraction of sp³-hybridized carbons (Fsp3) is 0.882. The maximum atomic E-state index is 6.40. The van der Waals surface area contributed by atoms with Crippen molar-refractivity contribution in [1.82, 2.24) is 10.1 Å². The molecule has 4 atom stereocenters. The molecule has 1 aromatic rings. The number of hydrogen-bond acceptors (Lipinski definition) is 4. The lowest BCUT2D eigenvalue weighted by Gasteiger charge is -2.24. The molecule has 3 fully saturated rings. The summed E-state index contributed by atoms with van der Waals surface area (Å²) in [5, 5.41) is 4.33. The molecule has 1 aromatic heterocycles. The smallest absolute Gasteiger partial charge is 0.231 e. The number of nitrogens with two attached hydrogens (primary N) is 1. The highest BCUT2D eigenvalue weighted by molar-refractivity contribution is 5.12. The molecule has 0 spiro atoms. The second kappa shape index (κ2) is 5.71. The molecule has 3 aliphatic carbocycles. The zero-order chi connectivity index (χ0) is 14.2. The van der Waals surface area contributed by atoms with E-state index in [1.54, 1.807) is 0 Å². The van der Waals surface area contributed by atoms with E-state index in [0.717, 1.165) is 11.7 Å². The molecule has 2 N–H and O–H groups in total. The van der Waals surface area contributed by atoms with E-state index in [4.69, 9.17) is 15.2 Å². The fourth-order valence-corrected chi connectivity index (χ4v) is 4.97. The number of hydrogen-bond donors (Lipinski definition) is 1. The standard InChI is InChI=1S/C17H27N3O/c18-15-13-9-8-12(10-13)14(15)17-19-16(20-21-17)11-6-4-2-1-3-5-7-11/h11-15H,1-10,18H2. The molecule has 2 bridgehead atoms. The molecular formula is C17H27N3O. The summed E-state index contributed by atoms with van der Waals surface area (Å²) < 4.78 is 5.66. The third kappa shape index (κ3) is 2.52. The SMILES string of the molecule is NC1C2CCC(C2)C1c1nc(C2CCCCCCC2)no1. The lowest BCUT2D eigenvalue weighted by atomic mass is 9.85. The van der Waals surface area contributed by atoms with Gasteiger partial charge in [-0.05, 0) is 43.9 Å². The van der Waals surface area contributed by atoms with Crippen molar-refractivity contribution in [2.45, 2.75) is 82.1 Å². The molecule has 3 saturated carbocycles. The molecule has 4 rings (SSSR count). The second-order valence-electron chi connectivity index (χ2n) is 7.47. The molecule has 4 unspecified atom stereocenters. The van der Waals surface area contributed by atoms with Gasteiger partial charge in [-0.2, -0.15) is 4.98 Å². The number of fused-ring (bicyclic) bond motifs is 2. The van der Waals surface area contributed by atoms with Gasteiger partial charge in [0, 0.05) is 12.0 Å². The second-order valence-corrected chi connectivity index (χ2v) is 7.47. The van der Waals surface area contributed by atoms with Crippen LogP contribution in [0.1, 0.15) is 87.8 Å². The normalized spacial score (nSPS) is 37.6. The van der Waals surface area contributed by atoms with E-state index in [1.807, 2.05) is 0 Å².